The Bertz CT molecular complexity index is 838. The highest BCUT2D eigenvalue weighted by Gasteiger charge is 2.22. The Morgan fingerprint density at radius 3 is 2.48 bits per heavy atom. The van der Waals surface area contributed by atoms with Gasteiger partial charge in [0.25, 0.3) is 0 Å². The van der Waals surface area contributed by atoms with Crippen LogP contribution in [-0.4, -0.2) is 51.8 Å². The van der Waals surface area contributed by atoms with Gasteiger partial charge in [0.15, 0.2) is 11.5 Å². The van der Waals surface area contributed by atoms with Crippen molar-refractivity contribution in [2.45, 2.75) is 25.8 Å². The summed E-state index contributed by atoms with van der Waals surface area (Å²) in [7, 11) is 4.95. The fourth-order valence-corrected chi connectivity index (χ4v) is 3.64. The van der Waals surface area contributed by atoms with Crippen LogP contribution in [0.3, 0.4) is 0 Å². The molecule has 0 saturated carbocycles. The van der Waals surface area contributed by atoms with Crippen LogP contribution in [0.5, 0.6) is 17.2 Å². The van der Waals surface area contributed by atoms with Crippen LogP contribution in [-0.2, 0) is 24.2 Å². The number of fused-ring (bicyclic) bond motifs is 1. The minimum absolute atomic E-state index is 0.180. The van der Waals surface area contributed by atoms with Gasteiger partial charge < -0.3 is 24.4 Å². The zero-order valence-corrected chi connectivity index (χ0v) is 17.5. The summed E-state index contributed by atoms with van der Waals surface area (Å²) in [6.45, 7) is 2.88. The van der Waals surface area contributed by atoms with Crippen molar-refractivity contribution in [3.8, 4) is 17.2 Å². The molecular formula is C23H30N2O4. The van der Waals surface area contributed by atoms with E-state index in [1.54, 1.807) is 21.3 Å². The Labute approximate surface area is 172 Å². The third-order valence-corrected chi connectivity index (χ3v) is 5.31. The molecule has 0 aliphatic carbocycles. The monoisotopic (exact) mass is 398 g/mol. The van der Waals surface area contributed by atoms with Gasteiger partial charge in [0.1, 0.15) is 5.75 Å². The summed E-state index contributed by atoms with van der Waals surface area (Å²) < 4.78 is 16.0. The van der Waals surface area contributed by atoms with Crippen LogP contribution in [0, 0.1) is 0 Å². The van der Waals surface area contributed by atoms with E-state index in [1.165, 1.54) is 11.1 Å². The highest BCUT2D eigenvalue weighted by atomic mass is 16.5. The van der Waals surface area contributed by atoms with Crippen molar-refractivity contribution in [2.24, 2.45) is 0 Å². The number of nitrogens with one attached hydrogen (secondary N) is 1. The molecule has 1 aliphatic rings. The molecule has 156 valence electrons. The number of rotatable bonds is 9. The summed E-state index contributed by atoms with van der Waals surface area (Å²) >= 11 is 0. The average Bonchev–Trinajstić information content (AvgIpc) is 2.77. The molecule has 0 unspecified atom stereocenters. The van der Waals surface area contributed by atoms with E-state index < -0.39 is 0 Å². The molecule has 6 nitrogen and oxygen atoms in total. The van der Waals surface area contributed by atoms with E-state index in [4.69, 9.17) is 14.2 Å². The minimum Gasteiger partial charge on any atom is -0.497 e. The van der Waals surface area contributed by atoms with E-state index in [0.717, 1.165) is 43.0 Å². The molecule has 1 aliphatic heterocycles. The normalized spacial score (nSPS) is 13.0. The molecule has 3 rings (SSSR count). The third-order valence-electron chi connectivity index (χ3n) is 5.31. The number of carbonyl (C=O) groups excluding carboxylic acids is 1. The summed E-state index contributed by atoms with van der Waals surface area (Å²) in [4.78, 5) is 14.5. The smallest absolute Gasteiger partial charge is 0.224 e. The van der Waals surface area contributed by atoms with Gasteiger partial charge in [0.2, 0.25) is 5.91 Å². The molecule has 0 saturated heterocycles. The first kappa shape index (κ1) is 21.0. The van der Waals surface area contributed by atoms with Crippen molar-refractivity contribution in [2.75, 3.05) is 41.0 Å². The minimum atomic E-state index is 0.180. The van der Waals surface area contributed by atoms with Gasteiger partial charge in [-0.25, -0.2) is 0 Å². The van der Waals surface area contributed by atoms with Crippen molar-refractivity contribution in [3.05, 3.63) is 53.1 Å². The van der Waals surface area contributed by atoms with Gasteiger partial charge in [0.05, 0.1) is 21.3 Å². The van der Waals surface area contributed by atoms with Crippen LogP contribution >= 0.6 is 0 Å². The van der Waals surface area contributed by atoms with Crippen molar-refractivity contribution < 1.29 is 19.0 Å². The molecule has 2 aromatic carbocycles. The Morgan fingerprint density at radius 1 is 1.00 bits per heavy atom. The molecule has 1 heterocycles. The van der Waals surface area contributed by atoms with Crippen LogP contribution in [0.15, 0.2) is 36.4 Å². The van der Waals surface area contributed by atoms with Gasteiger partial charge in [-0.15, -0.1) is 0 Å². The molecular weight excluding hydrogens is 368 g/mol. The van der Waals surface area contributed by atoms with Crippen molar-refractivity contribution in [1.82, 2.24) is 10.2 Å². The molecule has 1 amide bonds. The summed E-state index contributed by atoms with van der Waals surface area (Å²) in [5.41, 5.74) is 3.58. The van der Waals surface area contributed by atoms with E-state index in [1.807, 2.05) is 35.2 Å². The van der Waals surface area contributed by atoms with Crippen molar-refractivity contribution >= 4 is 5.91 Å². The van der Waals surface area contributed by atoms with Crippen molar-refractivity contribution in [1.29, 1.82) is 0 Å². The molecule has 6 heteroatoms. The number of ether oxygens (including phenoxy) is 3. The number of carbonyl (C=O) groups is 1. The summed E-state index contributed by atoms with van der Waals surface area (Å²) in [6.07, 6.45) is 2.25. The summed E-state index contributed by atoms with van der Waals surface area (Å²) in [6, 6.07) is 12.1. The van der Waals surface area contributed by atoms with Gasteiger partial charge in [-0.3, -0.25) is 4.79 Å². The highest BCUT2D eigenvalue weighted by molar-refractivity contribution is 5.76. The van der Waals surface area contributed by atoms with Gasteiger partial charge in [-0.2, -0.15) is 0 Å². The van der Waals surface area contributed by atoms with Crippen LogP contribution in [0.2, 0.25) is 0 Å². The van der Waals surface area contributed by atoms with Crippen LogP contribution in [0.4, 0.5) is 0 Å². The Morgan fingerprint density at radius 2 is 1.76 bits per heavy atom. The van der Waals surface area contributed by atoms with Crippen LogP contribution in [0.25, 0.3) is 0 Å². The highest BCUT2D eigenvalue weighted by Crippen LogP contribution is 2.33. The average molecular weight is 399 g/mol. The maximum atomic E-state index is 12.6. The topological polar surface area (TPSA) is 60.0 Å². The zero-order valence-electron chi connectivity index (χ0n) is 17.5. The standard InChI is InChI=1S/C23H30N2O4/c1-27-20-6-4-5-17(13-20)7-10-24-11-8-23(26)25-12-9-18-14-21(28-2)22(29-3)15-19(18)16-25/h4-6,13-15,24H,7-12,16H2,1-3H3. The lowest BCUT2D eigenvalue weighted by Crippen LogP contribution is -2.37. The maximum absolute atomic E-state index is 12.6. The third kappa shape index (κ3) is 5.41. The summed E-state index contributed by atoms with van der Waals surface area (Å²) in [5.74, 6) is 2.50. The lowest BCUT2D eigenvalue weighted by atomic mass is 9.98. The Balaban J connectivity index is 1.44. The number of benzene rings is 2. The number of nitrogens with zero attached hydrogens (tertiary/aromatic N) is 1. The molecule has 0 spiro atoms. The lowest BCUT2D eigenvalue weighted by Gasteiger charge is -2.29. The first-order valence-electron chi connectivity index (χ1n) is 9.99. The first-order valence-corrected chi connectivity index (χ1v) is 9.99. The second kappa shape index (κ2) is 10.2. The van der Waals surface area contributed by atoms with Crippen LogP contribution in [0.1, 0.15) is 23.1 Å². The van der Waals surface area contributed by atoms with E-state index >= 15 is 0 Å². The quantitative estimate of drug-likeness (QED) is 0.658. The second-order valence-electron chi connectivity index (χ2n) is 7.14. The first-order chi connectivity index (χ1) is 14.1. The second-order valence-corrected chi connectivity index (χ2v) is 7.14. The predicted octanol–water partition coefficient (Wildman–Crippen LogP) is 2.82. The fraction of sp³-hybridized carbons (Fsp3) is 0.435. The number of methoxy groups -OCH3 is 3. The van der Waals surface area contributed by atoms with Gasteiger partial charge in [-0.05, 0) is 60.3 Å². The molecule has 2 aromatic rings. The largest absolute Gasteiger partial charge is 0.497 e. The number of amides is 1. The molecule has 0 radical (unpaired) electrons. The molecule has 0 fully saturated rings. The SMILES string of the molecule is COc1cccc(CCNCCC(=O)N2CCc3cc(OC)c(OC)cc3C2)c1. The molecule has 29 heavy (non-hydrogen) atoms. The van der Waals surface area contributed by atoms with Crippen LogP contribution < -0.4 is 19.5 Å². The molecule has 1 N–H and O–H groups in total. The Hall–Kier alpha value is -2.73. The maximum Gasteiger partial charge on any atom is 0.224 e. The van der Waals surface area contributed by atoms with E-state index in [-0.39, 0.29) is 5.91 Å². The Kier molecular flexibility index (Phi) is 7.36. The van der Waals surface area contributed by atoms with Gasteiger partial charge >= 0.3 is 0 Å². The van der Waals surface area contributed by atoms with E-state index in [9.17, 15) is 4.79 Å². The number of hydrogen-bond donors (Lipinski definition) is 1. The summed E-state index contributed by atoms with van der Waals surface area (Å²) in [5, 5.41) is 3.37. The van der Waals surface area contributed by atoms with Gasteiger partial charge in [0, 0.05) is 26.1 Å². The van der Waals surface area contributed by atoms with Gasteiger partial charge in [-0.1, -0.05) is 12.1 Å². The zero-order chi connectivity index (χ0) is 20.6. The van der Waals surface area contributed by atoms with E-state index in [2.05, 4.69) is 11.4 Å². The fourth-order valence-electron chi connectivity index (χ4n) is 3.64. The number of hydrogen-bond acceptors (Lipinski definition) is 5. The molecule has 0 aromatic heterocycles. The molecule has 0 bridgehead atoms. The van der Waals surface area contributed by atoms with E-state index in [0.29, 0.717) is 25.3 Å². The molecule has 0 atom stereocenters. The predicted molar refractivity (Wildman–Crippen MR) is 113 cm³/mol. The lowest BCUT2D eigenvalue weighted by molar-refractivity contribution is -0.132. The van der Waals surface area contributed by atoms with Crippen molar-refractivity contribution in [3.63, 3.8) is 0 Å².